The Kier molecular flexibility index (Phi) is 2.14. The van der Waals surface area contributed by atoms with Gasteiger partial charge in [0.15, 0.2) is 0 Å². The normalized spacial score (nSPS) is 10.4. The van der Waals surface area contributed by atoms with Gasteiger partial charge in [-0.2, -0.15) is 5.10 Å². The van der Waals surface area contributed by atoms with E-state index in [9.17, 15) is 0 Å². The second-order valence-corrected chi connectivity index (χ2v) is 2.88. The minimum atomic E-state index is 0.427. The lowest BCUT2D eigenvalue weighted by atomic mass is 10.3. The van der Waals surface area contributed by atoms with Gasteiger partial charge in [0.2, 0.25) is 0 Å². The fourth-order valence-electron chi connectivity index (χ4n) is 1.28. The molecule has 72 valence electrons. The Labute approximate surface area is 81.6 Å². The largest absolute Gasteiger partial charge is 0.382 e. The molecule has 0 amide bonds. The molecular formula is C9H11N5. The van der Waals surface area contributed by atoms with E-state index in [1.807, 2.05) is 23.7 Å². The summed E-state index contributed by atoms with van der Waals surface area (Å²) in [6.45, 7) is 2.84. The molecule has 0 unspecified atom stereocenters. The van der Waals surface area contributed by atoms with E-state index >= 15 is 0 Å². The number of rotatable bonds is 2. The van der Waals surface area contributed by atoms with Gasteiger partial charge in [0, 0.05) is 12.7 Å². The number of nitrogens with zero attached hydrogens (tertiary/aromatic N) is 4. The molecule has 0 aliphatic heterocycles. The van der Waals surface area contributed by atoms with Crippen molar-refractivity contribution in [2.45, 2.75) is 13.5 Å². The molecule has 2 aromatic rings. The zero-order chi connectivity index (χ0) is 9.97. The smallest absolute Gasteiger partial charge is 0.146 e. The van der Waals surface area contributed by atoms with Crippen molar-refractivity contribution >= 4 is 5.82 Å². The van der Waals surface area contributed by atoms with E-state index in [1.165, 1.54) is 0 Å². The quantitative estimate of drug-likeness (QED) is 0.763. The average Bonchev–Trinajstić information content (AvgIpc) is 2.67. The minimum absolute atomic E-state index is 0.427. The van der Waals surface area contributed by atoms with Gasteiger partial charge in [-0.05, 0) is 25.1 Å². The van der Waals surface area contributed by atoms with Gasteiger partial charge in [-0.25, -0.2) is 0 Å². The molecule has 0 saturated carbocycles. The van der Waals surface area contributed by atoms with Crippen molar-refractivity contribution in [3.8, 4) is 11.4 Å². The lowest BCUT2D eigenvalue weighted by Gasteiger charge is -2.02. The molecule has 0 fully saturated rings. The Balaban J connectivity index is 2.44. The lowest BCUT2D eigenvalue weighted by molar-refractivity contribution is 0.665. The Bertz CT molecular complexity index is 417. The van der Waals surface area contributed by atoms with Gasteiger partial charge >= 0.3 is 0 Å². The fraction of sp³-hybridized carbons (Fsp3) is 0.222. The second-order valence-electron chi connectivity index (χ2n) is 2.88. The van der Waals surface area contributed by atoms with E-state index in [1.54, 1.807) is 12.3 Å². The Morgan fingerprint density at radius 2 is 2.14 bits per heavy atom. The summed E-state index contributed by atoms with van der Waals surface area (Å²) in [6.07, 6.45) is 1.75. The maximum absolute atomic E-state index is 5.45. The number of nitrogen functional groups attached to an aromatic ring is 1. The number of aromatic nitrogens is 4. The van der Waals surface area contributed by atoms with E-state index in [0.29, 0.717) is 5.82 Å². The van der Waals surface area contributed by atoms with E-state index in [0.717, 1.165) is 17.9 Å². The van der Waals surface area contributed by atoms with Crippen LogP contribution in [0.1, 0.15) is 6.92 Å². The molecule has 0 atom stereocenters. The summed E-state index contributed by atoms with van der Waals surface area (Å²) in [5.74, 6) is 0.427. The van der Waals surface area contributed by atoms with Crippen LogP contribution < -0.4 is 5.73 Å². The maximum Gasteiger partial charge on any atom is 0.146 e. The van der Waals surface area contributed by atoms with Crippen LogP contribution in [0.2, 0.25) is 0 Å². The van der Waals surface area contributed by atoms with Crippen molar-refractivity contribution in [3.05, 3.63) is 24.4 Å². The first-order valence-corrected chi connectivity index (χ1v) is 4.42. The third-order valence-corrected chi connectivity index (χ3v) is 1.96. The first kappa shape index (κ1) is 8.68. The van der Waals surface area contributed by atoms with Gasteiger partial charge in [-0.15, -0.1) is 10.2 Å². The van der Waals surface area contributed by atoms with Gasteiger partial charge in [0.05, 0.1) is 5.69 Å². The van der Waals surface area contributed by atoms with E-state index < -0.39 is 0 Å². The van der Waals surface area contributed by atoms with Crippen LogP contribution in [0.15, 0.2) is 24.4 Å². The molecule has 0 aliphatic rings. The standard InChI is InChI=1S/C9H11N5/c1-2-14-8(5-6-11-14)7-3-4-9(10)13-12-7/h3-6H,2H2,1H3,(H2,10,13). The lowest BCUT2D eigenvalue weighted by Crippen LogP contribution is -2.01. The van der Waals surface area contributed by atoms with Gasteiger partial charge in [0.25, 0.3) is 0 Å². The molecule has 0 radical (unpaired) electrons. The molecule has 0 aromatic carbocycles. The summed E-state index contributed by atoms with van der Waals surface area (Å²) in [6, 6.07) is 5.48. The molecular weight excluding hydrogens is 178 g/mol. The van der Waals surface area contributed by atoms with Gasteiger partial charge in [-0.3, -0.25) is 4.68 Å². The van der Waals surface area contributed by atoms with Crippen LogP contribution in [0.4, 0.5) is 5.82 Å². The molecule has 14 heavy (non-hydrogen) atoms. The zero-order valence-electron chi connectivity index (χ0n) is 7.88. The molecule has 2 heterocycles. The average molecular weight is 189 g/mol. The summed E-state index contributed by atoms with van der Waals surface area (Å²) >= 11 is 0. The van der Waals surface area contributed by atoms with Crippen molar-refractivity contribution < 1.29 is 0 Å². The van der Waals surface area contributed by atoms with Crippen molar-refractivity contribution in [2.24, 2.45) is 0 Å². The predicted octanol–water partition coefficient (Wildman–Crippen LogP) is 0.942. The first-order valence-electron chi connectivity index (χ1n) is 4.42. The topological polar surface area (TPSA) is 69.6 Å². The molecule has 5 nitrogen and oxygen atoms in total. The van der Waals surface area contributed by atoms with Crippen LogP contribution in [0.25, 0.3) is 11.4 Å². The number of hydrogen-bond acceptors (Lipinski definition) is 4. The Morgan fingerprint density at radius 1 is 1.29 bits per heavy atom. The molecule has 5 heteroatoms. The van der Waals surface area contributed by atoms with Crippen LogP contribution in [-0.2, 0) is 6.54 Å². The number of nitrogens with two attached hydrogens (primary N) is 1. The maximum atomic E-state index is 5.45. The number of anilines is 1. The van der Waals surface area contributed by atoms with E-state index in [2.05, 4.69) is 15.3 Å². The van der Waals surface area contributed by atoms with Crippen molar-refractivity contribution in [2.75, 3.05) is 5.73 Å². The van der Waals surface area contributed by atoms with Crippen molar-refractivity contribution in [1.82, 2.24) is 20.0 Å². The van der Waals surface area contributed by atoms with Crippen molar-refractivity contribution in [3.63, 3.8) is 0 Å². The van der Waals surface area contributed by atoms with Crippen LogP contribution in [-0.4, -0.2) is 20.0 Å². The highest BCUT2D eigenvalue weighted by Crippen LogP contribution is 2.15. The Hall–Kier alpha value is -1.91. The van der Waals surface area contributed by atoms with E-state index in [-0.39, 0.29) is 0 Å². The van der Waals surface area contributed by atoms with Crippen LogP contribution in [0, 0.1) is 0 Å². The molecule has 0 spiro atoms. The first-order chi connectivity index (χ1) is 6.81. The molecule has 0 aliphatic carbocycles. The molecule has 2 N–H and O–H groups in total. The molecule has 2 rings (SSSR count). The van der Waals surface area contributed by atoms with Gasteiger partial charge < -0.3 is 5.73 Å². The highest BCUT2D eigenvalue weighted by molar-refractivity contribution is 5.54. The highest BCUT2D eigenvalue weighted by atomic mass is 15.3. The molecule has 0 bridgehead atoms. The van der Waals surface area contributed by atoms with E-state index in [4.69, 9.17) is 5.73 Å². The fourth-order valence-corrected chi connectivity index (χ4v) is 1.28. The monoisotopic (exact) mass is 189 g/mol. The number of hydrogen-bond donors (Lipinski definition) is 1. The molecule has 2 aromatic heterocycles. The zero-order valence-corrected chi connectivity index (χ0v) is 7.88. The third-order valence-electron chi connectivity index (χ3n) is 1.96. The Morgan fingerprint density at radius 3 is 2.79 bits per heavy atom. The summed E-state index contributed by atoms with van der Waals surface area (Å²) in [5.41, 5.74) is 7.20. The summed E-state index contributed by atoms with van der Waals surface area (Å²) < 4.78 is 1.86. The van der Waals surface area contributed by atoms with Gasteiger partial charge in [0.1, 0.15) is 11.5 Å². The summed E-state index contributed by atoms with van der Waals surface area (Å²) in [4.78, 5) is 0. The minimum Gasteiger partial charge on any atom is -0.382 e. The SMILES string of the molecule is CCn1nccc1-c1ccc(N)nn1. The number of aryl methyl sites for hydroxylation is 1. The summed E-state index contributed by atoms with van der Waals surface area (Å²) in [5, 5.41) is 11.9. The third kappa shape index (κ3) is 1.44. The van der Waals surface area contributed by atoms with Crippen LogP contribution >= 0.6 is 0 Å². The predicted molar refractivity (Wildman–Crippen MR) is 53.3 cm³/mol. The summed E-state index contributed by atoms with van der Waals surface area (Å²) in [7, 11) is 0. The van der Waals surface area contributed by atoms with Crippen LogP contribution in [0.3, 0.4) is 0 Å². The molecule has 0 saturated heterocycles. The van der Waals surface area contributed by atoms with Crippen LogP contribution in [0.5, 0.6) is 0 Å². The van der Waals surface area contributed by atoms with Gasteiger partial charge in [-0.1, -0.05) is 0 Å². The van der Waals surface area contributed by atoms with Crippen molar-refractivity contribution in [1.29, 1.82) is 0 Å². The highest BCUT2D eigenvalue weighted by Gasteiger charge is 2.05. The second kappa shape index (κ2) is 3.45.